The van der Waals surface area contributed by atoms with Gasteiger partial charge in [0, 0.05) is 5.92 Å². The van der Waals surface area contributed by atoms with Crippen LogP contribution in [-0.4, -0.2) is 29.5 Å². The molecule has 3 atom stereocenters. The summed E-state index contributed by atoms with van der Waals surface area (Å²) in [6, 6.07) is 6.89. The van der Waals surface area contributed by atoms with Crippen molar-refractivity contribution in [2.75, 3.05) is 6.54 Å². The van der Waals surface area contributed by atoms with Crippen molar-refractivity contribution < 1.29 is 18.4 Å². The smallest absolute Gasteiger partial charge is 0.325 e. The minimum Gasteiger partial charge on any atom is -0.469 e. The fraction of sp³-hybridized carbons (Fsp3) is 0.375. The third-order valence-electron chi connectivity index (χ3n) is 4.53. The van der Waals surface area contributed by atoms with Crippen LogP contribution in [0.2, 0.25) is 0 Å². The van der Waals surface area contributed by atoms with E-state index in [4.69, 9.17) is 8.83 Å². The van der Waals surface area contributed by atoms with Crippen molar-refractivity contribution >= 4 is 11.9 Å². The molecule has 2 fully saturated rings. The highest BCUT2D eigenvalue weighted by atomic mass is 16.3. The van der Waals surface area contributed by atoms with Crippen molar-refractivity contribution in [3.05, 3.63) is 48.3 Å². The summed E-state index contributed by atoms with van der Waals surface area (Å²) in [5, 5.41) is 5.75. The number of carbonyl (C=O) groups is 2. The molecule has 0 saturated carbocycles. The van der Waals surface area contributed by atoms with Crippen LogP contribution in [0.25, 0.3) is 0 Å². The van der Waals surface area contributed by atoms with Crippen LogP contribution in [0.3, 0.4) is 0 Å². The summed E-state index contributed by atoms with van der Waals surface area (Å²) in [6.07, 6.45) is 3.59. The Bertz CT molecular complexity index is 695. The average molecular weight is 315 g/mol. The van der Waals surface area contributed by atoms with E-state index in [1.807, 2.05) is 18.2 Å². The molecule has 2 aromatic rings. The number of hydrogen-bond donors (Lipinski definition) is 2. The van der Waals surface area contributed by atoms with Gasteiger partial charge < -0.3 is 13.7 Å². The fourth-order valence-electron chi connectivity index (χ4n) is 3.49. The summed E-state index contributed by atoms with van der Waals surface area (Å²) in [4.78, 5) is 26.3. The van der Waals surface area contributed by atoms with E-state index < -0.39 is 6.03 Å². The SMILES string of the molecule is O=C1NC(=O)N(Cc2ccco2)C2NCCC(c3ccco3)C12. The highest BCUT2D eigenvalue weighted by Crippen LogP contribution is 2.37. The quantitative estimate of drug-likeness (QED) is 0.899. The van der Waals surface area contributed by atoms with Gasteiger partial charge in [-0.1, -0.05) is 0 Å². The summed E-state index contributed by atoms with van der Waals surface area (Å²) in [6.45, 7) is 1.02. The number of imide groups is 1. The molecule has 2 aromatic heterocycles. The Kier molecular flexibility index (Phi) is 3.42. The van der Waals surface area contributed by atoms with Gasteiger partial charge in [0.25, 0.3) is 0 Å². The number of nitrogens with zero attached hydrogens (tertiary/aromatic N) is 1. The molecular formula is C16H17N3O4. The van der Waals surface area contributed by atoms with Crippen molar-refractivity contribution in [1.29, 1.82) is 0 Å². The predicted octanol–water partition coefficient (Wildman–Crippen LogP) is 1.64. The number of urea groups is 1. The second-order valence-corrected chi connectivity index (χ2v) is 5.84. The van der Waals surface area contributed by atoms with Crippen molar-refractivity contribution in [2.45, 2.75) is 25.0 Å². The standard InChI is InChI=1S/C16H17N3O4/c20-15-13-11(12-4-2-8-23-12)5-6-17-14(13)19(16(21)18-15)9-10-3-1-7-22-10/h1-4,7-8,11,13-14,17H,5-6,9H2,(H,18,20,21). The fourth-order valence-corrected chi connectivity index (χ4v) is 3.49. The lowest BCUT2D eigenvalue weighted by molar-refractivity contribution is -0.131. The second-order valence-electron chi connectivity index (χ2n) is 5.84. The lowest BCUT2D eigenvalue weighted by atomic mass is 9.80. The number of rotatable bonds is 3. The maximum atomic E-state index is 12.4. The lowest BCUT2D eigenvalue weighted by Gasteiger charge is -2.45. The molecule has 0 radical (unpaired) electrons. The molecule has 3 unspecified atom stereocenters. The van der Waals surface area contributed by atoms with Crippen LogP contribution in [-0.2, 0) is 11.3 Å². The maximum absolute atomic E-state index is 12.4. The Hall–Kier alpha value is -2.54. The van der Waals surface area contributed by atoms with Gasteiger partial charge >= 0.3 is 6.03 Å². The predicted molar refractivity (Wildman–Crippen MR) is 79.1 cm³/mol. The van der Waals surface area contributed by atoms with Gasteiger partial charge in [0.2, 0.25) is 5.91 Å². The van der Waals surface area contributed by atoms with E-state index in [0.717, 1.165) is 12.2 Å². The summed E-state index contributed by atoms with van der Waals surface area (Å²) in [5.41, 5.74) is 0. The molecule has 2 aliphatic rings. The Labute approximate surface area is 132 Å². The number of nitrogens with one attached hydrogen (secondary N) is 2. The molecule has 23 heavy (non-hydrogen) atoms. The number of amides is 3. The van der Waals surface area contributed by atoms with Crippen molar-refractivity contribution in [1.82, 2.24) is 15.5 Å². The Morgan fingerprint density at radius 1 is 1.17 bits per heavy atom. The second kappa shape index (κ2) is 5.58. The van der Waals surface area contributed by atoms with Gasteiger partial charge in [-0.15, -0.1) is 0 Å². The molecule has 4 rings (SSSR count). The van der Waals surface area contributed by atoms with Gasteiger partial charge in [-0.05, 0) is 37.2 Å². The van der Waals surface area contributed by atoms with E-state index in [0.29, 0.717) is 18.8 Å². The van der Waals surface area contributed by atoms with Crippen molar-refractivity contribution in [2.24, 2.45) is 5.92 Å². The maximum Gasteiger partial charge on any atom is 0.325 e. The summed E-state index contributed by atoms with van der Waals surface area (Å²) in [5.74, 6) is 0.759. The molecule has 2 saturated heterocycles. The van der Waals surface area contributed by atoms with Gasteiger partial charge in [0.05, 0.1) is 31.2 Å². The number of furan rings is 2. The first-order valence-electron chi connectivity index (χ1n) is 7.64. The molecule has 0 aliphatic carbocycles. The van der Waals surface area contributed by atoms with Crippen LogP contribution < -0.4 is 10.6 Å². The van der Waals surface area contributed by atoms with Crippen LogP contribution in [0.5, 0.6) is 0 Å². The van der Waals surface area contributed by atoms with E-state index in [1.165, 1.54) is 0 Å². The van der Waals surface area contributed by atoms with Crippen LogP contribution in [0.15, 0.2) is 45.6 Å². The van der Waals surface area contributed by atoms with Crippen LogP contribution in [0.4, 0.5) is 4.79 Å². The van der Waals surface area contributed by atoms with E-state index in [-0.39, 0.29) is 23.9 Å². The monoisotopic (exact) mass is 315 g/mol. The topological polar surface area (TPSA) is 87.7 Å². The third kappa shape index (κ3) is 2.43. The molecule has 2 N–H and O–H groups in total. The molecule has 3 amide bonds. The molecule has 0 bridgehead atoms. The van der Waals surface area contributed by atoms with E-state index in [1.54, 1.807) is 23.5 Å². The zero-order valence-corrected chi connectivity index (χ0v) is 12.4. The van der Waals surface area contributed by atoms with Crippen molar-refractivity contribution in [3.63, 3.8) is 0 Å². The minimum atomic E-state index is -0.403. The molecule has 7 nitrogen and oxygen atoms in total. The van der Waals surface area contributed by atoms with E-state index >= 15 is 0 Å². The number of hydrogen-bond acceptors (Lipinski definition) is 5. The molecule has 0 aromatic carbocycles. The van der Waals surface area contributed by atoms with Crippen LogP contribution >= 0.6 is 0 Å². The van der Waals surface area contributed by atoms with Gasteiger partial charge in [0.15, 0.2) is 0 Å². The first-order chi connectivity index (χ1) is 11.2. The third-order valence-corrected chi connectivity index (χ3v) is 4.53. The Morgan fingerprint density at radius 2 is 2.00 bits per heavy atom. The summed E-state index contributed by atoms with van der Waals surface area (Å²) < 4.78 is 10.8. The first kappa shape index (κ1) is 14.1. The normalized spacial score (nSPS) is 27.7. The lowest BCUT2D eigenvalue weighted by Crippen LogP contribution is -2.67. The van der Waals surface area contributed by atoms with E-state index in [2.05, 4.69) is 10.6 Å². The highest BCUT2D eigenvalue weighted by Gasteiger charge is 2.48. The van der Waals surface area contributed by atoms with Crippen molar-refractivity contribution in [3.8, 4) is 0 Å². The highest BCUT2D eigenvalue weighted by molar-refractivity contribution is 5.99. The molecule has 4 heterocycles. The number of fused-ring (bicyclic) bond motifs is 1. The Morgan fingerprint density at radius 3 is 2.74 bits per heavy atom. The minimum absolute atomic E-state index is 0.0524. The van der Waals surface area contributed by atoms with Crippen LogP contribution in [0.1, 0.15) is 23.9 Å². The van der Waals surface area contributed by atoms with E-state index in [9.17, 15) is 9.59 Å². The summed E-state index contributed by atoms with van der Waals surface area (Å²) in [7, 11) is 0. The molecule has 2 aliphatic heterocycles. The zero-order chi connectivity index (χ0) is 15.8. The summed E-state index contributed by atoms with van der Waals surface area (Å²) >= 11 is 0. The molecule has 7 heteroatoms. The van der Waals surface area contributed by atoms with Gasteiger partial charge in [-0.2, -0.15) is 0 Å². The molecular weight excluding hydrogens is 298 g/mol. The average Bonchev–Trinajstić information content (AvgIpc) is 3.24. The van der Waals surface area contributed by atoms with Gasteiger partial charge in [-0.25, -0.2) is 4.79 Å². The van der Waals surface area contributed by atoms with Gasteiger partial charge in [0.1, 0.15) is 11.5 Å². The largest absolute Gasteiger partial charge is 0.469 e. The number of piperidine rings is 1. The van der Waals surface area contributed by atoms with Crippen LogP contribution in [0, 0.1) is 5.92 Å². The Balaban J connectivity index is 1.64. The zero-order valence-electron chi connectivity index (χ0n) is 12.4. The first-order valence-corrected chi connectivity index (χ1v) is 7.64. The molecule has 120 valence electrons. The van der Waals surface area contributed by atoms with Gasteiger partial charge in [-0.3, -0.25) is 15.4 Å². The molecule has 0 spiro atoms. The number of carbonyl (C=O) groups excluding carboxylic acids is 2.